The minimum absolute atomic E-state index is 0.152. The molecule has 2 N–H and O–H groups in total. The molecule has 1 saturated heterocycles. The van der Waals surface area contributed by atoms with E-state index in [1.807, 2.05) is 12.1 Å². The topological polar surface area (TPSA) is 67.2 Å². The molecular weight excluding hydrogens is 230 g/mol. The number of nitro benzene ring substituents is 1. The number of nitrogens with one attached hydrogen (secondary N) is 2. The van der Waals surface area contributed by atoms with Crippen molar-refractivity contribution in [2.24, 2.45) is 0 Å². The maximum Gasteiger partial charge on any atom is 0.269 e. The first kappa shape index (κ1) is 13.0. The summed E-state index contributed by atoms with van der Waals surface area (Å²) in [5.74, 6) is 0. The van der Waals surface area contributed by atoms with Crippen molar-refractivity contribution in [2.45, 2.75) is 25.3 Å². The Labute approximate surface area is 107 Å². The lowest BCUT2D eigenvalue weighted by Crippen LogP contribution is -2.44. The second-order valence-electron chi connectivity index (χ2n) is 5.09. The summed E-state index contributed by atoms with van der Waals surface area (Å²) in [6.07, 6.45) is 2.04. The smallest absolute Gasteiger partial charge is 0.269 e. The van der Waals surface area contributed by atoms with Crippen molar-refractivity contribution < 1.29 is 4.92 Å². The highest BCUT2D eigenvalue weighted by Crippen LogP contribution is 2.14. The van der Waals surface area contributed by atoms with Crippen LogP contribution in [0.25, 0.3) is 0 Å². The summed E-state index contributed by atoms with van der Waals surface area (Å²) in [6, 6.07) is 6.78. The zero-order valence-corrected chi connectivity index (χ0v) is 10.6. The molecule has 18 heavy (non-hydrogen) atoms. The summed E-state index contributed by atoms with van der Waals surface area (Å²) < 4.78 is 0. The third kappa shape index (κ3) is 3.27. The van der Waals surface area contributed by atoms with Gasteiger partial charge in [-0.1, -0.05) is 12.1 Å². The predicted molar refractivity (Wildman–Crippen MR) is 70.7 cm³/mol. The second-order valence-corrected chi connectivity index (χ2v) is 5.09. The summed E-state index contributed by atoms with van der Waals surface area (Å²) in [6.45, 7) is 5.20. The van der Waals surface area contributed by atoms with Gasteiger partial charge < -0.3 is 10.6 Å². The van der Waals surface area contributed by atoms with Crippen LogP contribution in [0.3, 0.4) is 0 Å². The van der Waals surface area contributed by atoms with Crippen LogP contribution in [0.1, 0.15) is 18.9 Å². The average molecular weight is 249 g/mol. The van der Waals surface area contributed by atoms with Crippen LogP contribution in [-0.4, -0.2) is 30.1 Å². The van der Waals surface area contributed by atoms with E-state index in [-0.39, 0.29) is 16.1 Å². The molecule has 0 aliphatic carbocycles. The SMILES string of the molecule is CC1(NCCc2ccc([N+](=O)[O-])cc2)CCNC1. The van der Waals surface area contributed by atoms with Crippen LogP contribution < -0.4 is 10.6 Å². The molecule has 1 aromatic carbocycles. The number of rotatable bonds is 5. The molecule has 1 heterocycles. The Morgan fingerprint density at radius 1 is 1.44 bits per heavy atom. The molecule has 1 aromatic rings. The third-order valence-corrected chi connectivity index (χ3v) is 3.48. The first-order chi connectivity index (χ1) is 8.59. The Hall–Kier alpha value is -1.46. The van der Waals surface area contributed by atoms with Gasteiger partial charge in [-0.05, 0) is 38.4 Å². The van der Waals surface area contributed by atoms with Gasteiger partial charge in [0.2, 0.25) is 0 Å². The molecule has 98 valence electrons. The molecule has 1 fully saturated rings. The number of nitrogens with zero attached hydrogens (tertiary/aromatic N) is 1. The fraction of sp³-hybridized carbons (Fsp3) is 0.538. The Kier molecular flexibility index (Phi) is 3.93. The van der Waals surface area contributed by atoms with Crippen LogP contribution in [0.4, 0.5) is 5.69 Å². The summed E-state index contributed by atoms with van der Waals surface area (Å²) in [5.41, 5.74) is 1.47. The monoisotopic (exact) mass is 249 g/mol. The summed E-state index contributed by atoms with van der Waals surface area (Å²) >= 11 is 0. The lowest BCUT2D eigenvalue weighted by Gasteiger charge is -2.24. The lowest BCUT2D eigenvalue weighted by molar-refractivity contribution is -0.384. The Bertz CT molecular complexity index is 411. The molecule has 1 aliphatic rings. The van der Waals surface area contributed by atoms with Crippen LogP contribution in [0.5, 0.6) is 0 Å². The van der Waals surface area contributed by atoms with Gasteiger partial charge in [-0.2, -0.15) is 0 Å². The van der Waals surface area contributed by atoms with E-state index in [1.54, 1.807) is 12.1 Å². The zero-order valence-electron chi connectivity index (χ0n) is 10.6. The molecule has 5 nitrogen and oxygen atoms in total. The van der Waals surface area contributed by atoms with Crippen molar-refractivity contribution in [3.05, 3.63) is 39.9 Å². The van der Waals surface area contributed by atoms with E-state index in [0.29, 0.717) is 0 Å². The lowest BCUT2D eigenvalue weighted by atomic mass is 10.0. The van der Waals surface area contributed by atoms with E-state index in [1.165, 1.54) is 0 Å². The predicted octanol–water partition coefficient (Wildman–Crippen LogP) is 1.48. The van der Waals surface area contributed by atoms with Crippen molar-refractivity contribution >= 4 is 5.69 Å². The van der Waals surface area contributed by atoms with Gasteiger partial charge >= 0.3 is 0 Å². The van der Waals surface area contributed by atoms with Gasteiger partial charge in [0.25, 0.3) is 5.69 Å². The number of non-ortho nitro benzene ring substituents is 1. The van der Waals surface area contributed by atoms with E-state index in [4.69, 9.17) is 0 Å². The van der Waals surface area contributed by atoms with Gasteiger partial charge in [0, 0.05) is 24.2 Å². The molecule has 0 bridgehead atoms. The molecule has 0 saturated carbocycles. The molecule has 0 radical (unpaired) electrons. The van der Waals surface area contributed by atoms with Crippen molar-refractivity contribution in [1.29, 1.82) is 0 Å². The van der Waals surface area contributed by atoms with Crippen LogP contribution in [0.15, 0.2) is 24.3 Å². The molecule has 1 unspecified atom stereocenters. The highest BCUT2D eigenvalue weighted by molar-refractivity contribution is 5.32. The molecule has 5 heteroatoms. The Morgan fingerprint density at radius 3 is 2.72 bits per heavy atom. The molecule has 2 rings (SSSR count). The van der Waals surface area contributed by atoms with E-state index in [9.17, 15) is 10.1 Å². The summed E-state index contributed by atoms with van der Waals surface area (Å²) in [4.78, 5) is 10.2. The molecule has 1 aliphatic heterocycles. The van der Waals surface area contributed by atoms with Gasteiger partial charge in [0.15, 0.2) is 0 Å². The van der Waals surface area contributed by atoms with Gasteiger partial charge in [-0.15, -0.1) is 0 Å². The third-order valence-electron chi connectivity index (χ3n) is 3.48. The van der Waals surface area contributed by atoms with E-state index >= 15 is 0 Å². The first-order valence-corrected chi connectivity index (χ1v) is 6.28. The minimum atomic E-state index is -0.368. The normalized spacial score (nSPS) is 23.2. The van der Waals surface area contributed by atoms with Gasteiger partial charge in [-0.3, -0.25) is 10.1 Å². The average Bonchev–Trinajstić information content (AvgIpc) is 2.77. The number of hydrogen-bond acceptors (Lipinski definition) is 4. The zero-order chi connectivity index (χ0) is 13.0. The van der Waals surface area contributed by atoms with Crippen molar-refractivity contribution in [2.75, 3.05) is 19.6 Å². The fourth-order valence-corrected chi connectivity index (χ4v) is 2.26. The quantitative estimate of drug-likeness (QED) is 0.612. The molecule has 0 spiro atoms. The van der Waals surface area contributed by atoms with Gasteiger partial charge in [0.1, 0.15) is 0 Å². The first-order valence-electron chi connectivity index (χ1n) is 6.28. The Morgan fingerprint density at radius 2 is 2.17 bits per heavy atom. The second kappa shape index (κ2) is 5.46. The Balaban J connectivity index is 1.81. The van der Waals surface area contributed by atoms with Gasteiger partial charge in [-0.25, -0.2) is 0 Å². The molecule has 0 aromatic heterocycles. The van der Waals surface area contributed by atoms with E-state index in [2.05, 4.69) is 17.6 Å². The number of hydrogen-bond donors (Lipinski definition) is 2. The van der Waals surface area contributed by atoms with Crippen LogP contribution in [-0.2, 0) is 6.42 Å². The standard InChI is InChI=1S/C13H19N3O2/c1-13(7-9-14-10-13)15-8-6-11-2-4-12(5-3-11)16(17)18/h2-5,14-15H,6-10H2,1H3. The van der Waals surface area contributed by atoms with E-state index < -0.39 is 0 Å². The van der Waals surface area contributed by atoms with Gasteiger partial charge in [0.05, 0.1) is 4.92 Å². The number of nitro groups is 1. The summed E-state index contributed by atoms with van der Waals surface area (Å²) in [7, 11) is 0. The molecular formula is C13H19N3O2. The highest BCUT2D eigenvalue weighted by Gasteiger charge is 2.27. The summed E-state index contributed by atoms with van der Waals surface area (Å²) in [5, 5.41) is 17.4. The maximum absolute atomic E-state index is 10.5. The molecule has 0 amide bonds. The minimum Gasteiger partial charge on any atom is -0.315 e. The fourth-order valence-electron chi connectivity index (χ4n) is 2.26. The van der Waals surface area contributed by atoms with Crippen LogP contribution in [0, 0.1) is 10.1 Å². The largest absolute Gasteiger partial charge is 0.315 e. The maximum atomic E-state index is 10.5. The van der Waals surface area contributed by atoms with Crippen LogP contribution >= 0.6 is 0 Å². The van der Waals surface area contributed by atoms with Crippen LogP contribution in [0.2, 0.25) is 0 Å². The van der Waals surface area contributed by atoms with Crippen molar-refractivity contribution in [3.8, 4) is 0 Å². The van der Waals surface area contributed by atoms with E-state index in [0.717, 1.165) is 38.0 Å². The highest BCUT2D eigenvalue weighted by atomic mass is 16.6. The van der Waals surface area contributed by atoms with Crippen molar-refractivity contribution in [3.63, 3.8) is 0 Å². The molecule has 1 atom stereocenters. The van der Waals surface area contributed by atoms with Crippen molar-refractivity contribution in [1.82, 2.24) is 10.6 Å². The number of benzene rings is 1.